The molecule has 3 aromatic rings. The fraction of sp³-hybridized carbons (Fsp3) is 0.515. The Bertz CT molecular complexity index is 1260. The first-order valence-corrected chi connectivity index (χ1v) is 15.1. The lowest BCUT2D eigenvalue weighted by Gasteiger charge is -2.41. The largest absolute Gasteiger partial charge is 0.385 e. The molecule has 1 saturated heterocycles. The van der Waals surface area contributed by atoms with E-state index in [0.717, 1.165) is 63.0 Å². The quantitative estimate of drug-likeness (QED) is 0.319. The van der Waals surface area contributed by atoms with E-state index in [9.17, 15) is 9.90 Å². The number of benzene rings is 2. The Labute approximate surface area is 256 Å². The first-order chi connectivity index (χ1) is 20.0. The number of nitrogens with one attached hydrogen (secondary N) is 1. The van der Waals surface area contributed by atoms with Crippen molar-refractivity contribution in [2.45, 2.75) is 56.2 Å². The maximum atomic E-state index is 14.3. The number of amides is 1. The Kier molecular flexibility index (Phi) is 11.6. The second kappa shape index (κ2) is 15.1. The van der Waals surface area contributed by atoms with Gasteiger partial charge in [0.15, 0.2) is 5.69 Å². The number of nitrogens with zero attached hydrogens (tertiary/aromatic N) is 4. The number of hydrogen-bond acceptors (Lipinski definition) is 6. The van der Waals surface area contributed by atoms with Gasteiger partial charge in [0.05, 0.1) is 24.7 Å². The van der Waals surface area contributed by atoms with Crippen LogP contribution in [0.2, 0.25) is 0 Å². The molecule has 1 aliphatic heterocycles. The molecule has 0 spiro atoms. The van der Waals surface area contributed by atoms with Crippen LogP contribution in [0.15, 0.2) is 67.0 Å². The van der Waals surface area contributed by atoms with Crippen molar-refractivity contribution in [3.8, 4) is 11.3 Å². The summed E-state index contributed by atoms with van der Waals surface area (Å²) >= 11 is 0. The molecular formula is C33H46ClN5O3. The lowest BCUT2D eigenvalue weighted by Crippen LogP contribution is -2.54. The molecule has 0 bridgehead atoms. The fourth-order valence-electron chi connectivity index (χ4n) is 6.37. The molecule has 1 aromatic heterocycles. The molecule has 3 atom stereocenters. The van der Waals surface area contributed by atoms with E-state index in [-0.39, 0.29) is 37.0 Å². The van der Waals surface area contributed by atoms with Crippen molar-refractivity contribution in [2.24, 2.45) is 0 Å². The molecule has 2 N–H and O–H groups in total. The lowest BCUT2D eigenvalue weighted by molar-refractivity contribution is -0.0996. The number of piperazine rings is 1. The van der Waals surface area contributed by atoms with Crippen LogP contribution in [0.1, 0.15) is 54.2 Å². The molecule has 1 aliphatic carbocycles. The molecule has 0 unspecified atom stereocenters. The smallest absolute Gasteiger partial charge is 0.275 e. The van der Waals surface area contributed by atoms with Crippen LogP contribution in [0.25, 0.3) is 11.3 Å². The zero-order valence-corrected chi connectivity index (χ0v) is 25.8. The Morgan fingerprint density at radius 1 is 1.12 bits per heavy atom. The van der Waals surface area contributed by atoms with Crippen LogP contribution in [-0.2, 0) is 11.2 Å². The van der Waals surface area contributed by atoms with Gasteiger partial charge in [-0.05, 0) is 51.9 Å². The van der Waals surface area contributed by atoms with Gasteiger partial charge in [0.2, 0.25) is 0 Å². The van der Waals surface area contributed by atoms with Crippen molar-refractivity contribution in [3.63, 3.8) is 0 Å². The third-order valence-electron chi connectivity index (χ3n) is 8.51. The molecule has 2 aromatic carbocycles. The number of ether oxygens (including phenoxy) is 1. The molecule has 1 saturated carbocycles. The van der Waals surface area contributed by atoms with Gasteiger partial charge in [-0.15, -0.1) is 12.4 Å². The summed E-state index contributed by atoms with van der Waals surface area (Å²) in [7, 11) is 4.11. The van der Waals surface area contributed by atoms with Crippen LogP contribution in [0.3, 0.4) is 0 Å². The van der Waals surface area contributed by atoms with Crippen molar-refractivity contribution in [3.05, 3.63) is 78.2 Å². The van der Waals surface area contributed by atoms with E-state index in [4.69, 9.17) is 9.72 Å². The van der Waals surface area contributed by atoms with E-state index < -0.39 is 5.60 Å². The van der Waals surface area contributed by atoms with Crippen LogP contribution in [-0.4, -0.2) is 95.5 Å². The first kappa shape index (κ1) is 32.2. The second-order valence-corrected chi connectivity index (χ2v) is 11.8. The van der Waals surface area contributed by atoms with Crippen molar-refractivity contribution in [1.82, 2.24) is 24.7 Å². The van der Waals surface area contributed by atoms with Gasteiger partial charge in [0, 0.05) is 37.8 Å². The van der Waals surface area contributed by atoms with Crippen LogP contribution < -0.4 is 5.32 Å². The van der Waals surface area contributed by atoms with Gasteiger partial charge in [0.25, 0.3) is 5.91 Å². The molecule has 1 amide bonds. The molecule has 2 heterocycles. The summed E-state index contributed by atoms with van der Waals surface area (Å²) in [6, 6.07) is 20.2. The highest BCUT2D eigenvalue weighted by Crippen LogP contribution is 2.41. The van der Waals surface area contributed by atoms with E-state index in [0.29, 0.717) is 25.3 Å². The SMILES string of the molecule is CN(C)CCCOC[C@@]1(O)CCCC[C@@H]1n1cnc(C(=O)N2CCNC[C@H]2Cc2ccccc2)c1-c1ccccc1.Cl. The Balaban J connectivity index is 0.00000405. The molecule has 5 rings (SSSR count). The summed E-state index contributed by atoms with van der Waals surface area (Å²) in [4.78, 5) is 23.2. The molecule has 8 nitrogen and oxygen atoms in total. The van der Waals surface area contributed by atoms with Gasteiger partial charge in [-0.1, -0.05) is 73.5 Å². The Morgan fingerprint density at radius 2 is 1.86 bits per heavy atom. The number of aliphatic hydroxyl groups is 1. The topological polar surface area (TPSA) is 82.9 Å². The van der Waals surface area contributed by atoms with Gasteiger partial charge in [-0.2, -0.15) is 0 Å². The number of rotatable bonds is 11. The summed E-state index contributed by atoms with van der Waals surface area (Å²) in [6.07, 6.45) is 6.92. The Morgan fingerprint density at radius 3 is 2.60 bits per heavy atom. The molecule has 2 fully saturated rings. The second-order valence-electron chi connectivity index (χ2n) is 11.8. The third kappa shape index (κ3) is 7.60. The highest BCUT2D eigenvalue weighted by atomic mass is 35.5. The van der Waals surface area contributed by atoms with Crippen LogP contribution in [0.5, 0.6) is 0 Å². The van der Waals surface area contributed by atoms with Gasteiger partial charge < -0.3 is 29.5 Å². The first-order valence-electron chi connectivity index (χ1n) is 15.1. The van der Waals surface area contributed by atoms with Gasteiger partial charge in [-0.25, -0.2) is 4.98 Å². The van der Waals surface area contributed by atoms with Crippen LogP contribution in [0, 0.1) is 0 Å². The summed E-state index contributed by atoms with van der Waals surface area (Å²) in [5.74, 6) is -0.0516. The highest BCUT2D eigenvalue weighted by molar-refractivity contribution is 5.98. The number of aromatic nitrogens is 2. The highest BCUT2D eigenvalue weighted by Gasteiger charge is 2.42. The molecule has 2 aliphatic rings. The minimum absolute atomic E-state index is 0. The van der Waals surface area contributed by atoms with Crippen molar-refractivity contribution in [1.29, 1.82) is 0 Å². The summed E-state index contributed by atoms with van der Waals surface area (Å²) < 4.78 is 8.12. The van der Waals surface area contributed by atoms with Gasteiger partial charge in [-0.3, -0.25) is 4.79 Å². The predicted molar refractivity (Wildman–Crippen MR) is 169 cm³/mol. The molecular weight excluding hydrogens is 550 g/mol. The third-order valence-corrected chi connectivity index (χ3v) is 8.51. The Hall–Kier alpha value is -2.75. The summed E-state index contributed by atoms with van der Waals surface area (Å²) in [6.45, 7) is 3.97. The summed E-state index contributed by atoms with van der Waals surface area (Å²) in [5.41, 5.74) is 2.36. The number of halogens is 1. The fourth-order valence-corrected chi connectivity index (χ4v) is 6.37. The van der Waals surface area contributed by atoms with Crippen molar-refractivity contribution < 1.29 is 14.6 Å². The molecule has 9 heteroatoms. The van der Waals surface area contributed by atoms with Crippen LogP contribution in [0.4, 0.5) is 0 Å². The normalized spacial score (nSPS) is 22.6. The molecule has 42 heavy (non-hydrogen) atoms. The lowest BCUT2D eigenvalue weighted by atomic mass is 9.80. The predicted octanol–water partition coefficient (Wildman–Crippen LogP) is 4.44. The maximum absolute atomic E-state index is 14.3. The van der Waals surface area contributed by atoms with E-state index in [1.807, 2.05) is 53.4 Å². The van der Waals surface area contributed by atoms with Crippen molar-refractivity contribution >= 4 is 18.3 Å². The average Bonchev–Trinajstić information content (AvgIpc) is 3.43. The van der Waals surface area contributed by atoms with Gasteiger partial charge in [0.1, 0.15) is 5.60 Å². The average molecular weight is 596 g/mol. The van der Waals surface area contributed by atoms with Crippen LogP contribution >= 0.6 is 12.4 Å². The number of imidazole rings is 1. The standard InChI is InChI=1S/C33H45N5O3.ClH/c1-36(2)19-11-21-41-24-33(40)17-10-9-16-29(33)38-25-35-30(31(38)27-14-7-4-8-15-27)32(39)37-20-18-34-23-28(37)22-26-12-5-3-6-13-26;/h3-8,12-15,25,28-29,34,40H,9-11,16-24H2,1-2H3;1H/t28-,29+,33+;/m1./s1. The minimum atomic E-state index is -1.02. The van der Waals surface area contributed by atoms with E-state index >= 15 is 0 Å². The summed E-state index contributed by atoms with van der Waals surface area (Å²) in [5, 5.41) is 15.5. The number of carbonyl (C=O) groups excluding carboxylic acids is 1. The van der Waals surface area contributed by atoms with E-state index in [2.05, 4.69) is 41.0 Å². The van der Waals surface area contributed by atoms with E-state index in [1.165, 1.54) is 5.56 Å². The zero-order chi connectivity index (χ0) is 28.7. The molecule has 0 radical (unpaired) electrons. The van der Waals surface area contributed by atoms with E-state index in [1.54, 1.807) is 6.33 Å². The number of carbonyl (C=O) groups is 1. The monoisotopic (exact) mass is 595 g/mol. The zero-order valence-electron chi connectivity index (χ0n) is 25.0. The minimum Gasteiger partial charge on any atom is -0.385 e. The number of hydrogen-bond donors (Lipinski definition) is 2. The van der Waals surface area contributed by atoms with Crippen molar-refractivity contribution in [2.75, 3.05) is 53.5 Å². The van der Waals surface area contributed by atoms with Gasteiger partial charge >= 0.3 is 0 Å². The maximum Gasteiger partial charge on any atom is 0.275 e. The molecule has 228 valence electrons.